The third-order valence-corrected chi connectivity index (χ3v) is 5.83. The van der Waals surface area contributed by atoms with Crippen molar-refractivity contribution in [2.75, 3.05) is 52.4 Å². The normalized spacial score (nSPS) is 14.8. The van der Waals surface area contributed by atoms with Crippen LogP contribution in [0.3, 0.4) is 0 Å². The van der Waals surface area contributed by atoms with Crippen molar-refractivity contribution in [2.24, 2.45) is 0 Å². The van der Waals surface area contributed by atoms with Crippen molar-refractivity contribution in [3.8, 4) is 0 Å². The predicted octanol–water partition coefficient (Wildman–Crippen LogP) is 2.10. The number of piperazine rings is 1. The molecule has 0 saturated carbocycles. The Hall–Kier alpha value is -2.70. The molecule has 2 N–H and O–H groups in total. The molecule has 32 heavy (non-hydrogen) atoms. The van der Waals surface area contributed by atoms with Crippen LogP contribution >= 0.6 is 0 Å². The highest BCUT2D eigenvalue weighted by Gasteiger charge is 2.16. The number of carbonyl (C=O) groups is 2. The Kier molecular flexibility index (Phi) is 10.2. The summed E-state index contributed by atoms with van der Waals surface area (Å²) in [7, 11) is 0. The molecule has 0 spiro atoms. The molecule has 172 valence electrons. The van der Waals surface area contributed by atoms with Crippen LogP contribution in [0.15, 0.2) is 60.7 Å². The number of nitrogens with one attached hydrogen (secondary N) is 2. The second-order valence-electron chi connectivity index (χ2n) is 8.42. The van der Waals surface area contributed by atoms with Gasteiger partial charge in [0, 0.05) is 39.3 Å². The van der Waals surface area contributed by atoms with Crippen LogP contribution in [0, 0.1) is 0 Å². The third-order valence-electron chi connectivity index (χ3n) is 5.83. The van der Waals surface area contributed by atoms with E-state index in [1.807, 2.05) is 60.7 Å². The largest absolute Gasteiger partial charge is 0.356 e. The lowest BCUT2D eigenvalue weighted by atomic mass is 10.1. The summed E-state index contributed by atoms with van der Waals surface area (Å²) in [4.78, 5) is 29.0. The Morgan fingerprint density at radius 3 is 1.38 bits per heavy atom. The quantitative estimate of drug-likeness (QED) is 0.500. The number of nitrogens with zero attached hydrogens (tertiary/aromatic N) is 2. The summed E-state index contributed by atoms with van der Waals surface area (Å²) in [5.74, 6) is 0.189. The topological polar surface area (TPSA) is 64.7 Å². The summed E-state index contributed by atoms with van der Waals surface area (Å²) in [5, 5.41) is 6.06. The zero-order chi connectivity index (χ0) is 22.4. The van der Waals surface area contributed by atoms with Crippen LogP contribution in [0.5, 0.6) is 0 Å². The van der Waals surface area contributed by atoms with Gasteiger partial charge in [-0.15, -0.1) is 0 Å². The van der Waals surface area contributed by atoms with Crippen LogP contribution in [-0.4, -0.2) is 74.0 Å². The average molecular weight is 437 g/mol. The van der Waals surface area contributed by atoms with E-state index in [4.69, 9.17) is 0 Å². The monoisotopic (exact) mass is 436 g/mol. The Balaban J connectivity index is 1.17. The first-order valence-corrected chi connectivity index (χ1v) is 11.7. The van der Waals surface area contributed by atoms with E-state index in [1.165, 1.54) is 0 Å². The van der Waals surface area contributed by atoms with Crippen LogP contribution in [0.1, 0.15) is 24.0 Å². The highest BCUT2D eigenvalue weighted by atomic mass is 16.2. The van der Waals surface area contributed by atoms with Gasteiger partial charge >= 0.3 is 0 Å². The van der Waals surface area contributed by atoms with Gasteiger partial charge in [-0.3, -0.25) is 9.59 Å². The Morgan fingerprint density at radius 2 is 1.00 bits per heavy atom. The van der Waals surface area contributed by atoms with Crippen molar-refractivity contribution in [3.63, 3.8) is 0 Å². The maximum absolute atomic E-state index is 12.0. The maximum Gasteiger partial charge on any atom is 0.224 e. The molecule has 0 aromatic heterocycles. The molecule has 0 atom stereocenters. The third kappa shape index (κ3) is 9.20. The fraction of sp³-hybridized carbons (Fsp3) is 0.462. The maximum atomic E-state index is 12.0. The van der Waals surface area contributed by atoms with Crippen molar-refractivity contribution >= 4 is 11.8 Å². The van der Waals surface area contributed by atoms with E-state index >= 15 is 0 Å². The van der Waals surface area contributed by atoms with E-state index < -0.39 is 0 Å². The van der Waals surface area contributed by atoms with Crippen LogP contribution < -0.4 is 10.6 Å². The zero-order valence-electron chi connectivity index (χ0n) is 19.0. The smallest absolute Gasteiger partial charge is 0.224 e. The molecule has 1 fully saturated rings. The highest BCUT2D eigenvalue weighted by molar-refractivity contribution is 5.78. The summed E-state index contributed by atoms with van der Waals surface area (Å²) in [6.07, 6.45) is 2.86. The van der Waals surface area contributed by atoms with Crippen LogP contribution in [-0.2, 0) is 22.4 Å². The van der Waals surface area contributed by atoms with Gasteiger partial charge in [-0.25, -0.2) is 0 Å². The Bertz CT molecular complexity index is 736. The van der Waals surface area contributed by atoms with Gasteiger partial charge in [-0.05, 0) is 37.1 Å². The lowest BCUT2D eigenvalue weighted by molar-refractivity contribution is -0.121. The number of carbonyl (C=O) groups excluding carboxylic acids is 2. The molecule has 1 heterocycles. The van der Waals surface area contributed by atoms with Gasteiger partial charge in [0.2, 0.25) is 11.8 Å². The van der Waals surface area contributed by atoms with Gasteiger partial charge in [0.1, 0.15) is 0 Å². The summed E-state index contributed by atoms with van der Waals surface area (Å²) in [6, 6.07) is 19.7. The van der Waals surface area contributed by atoms with Gasteiger partial charge < -0.3 is 20.4 Å². The molecular weight excluding hydrogens is 400 g/mol. The molecular formula is C26H36N4O2. The molecule has 6 nitrogen and oxygen atoms in total. The molecule has 2 aromatic rings. The summed E-state index contributed by atoms with van der Waals surface area (Å²) >= 11 is 0. The fourth-order valence-electron chi connectivity index (χ4n) is 3.98. The van der Waals surface area contributed by atoms with Crippen LogP contribution in [0.2, 0.25) is 0 Å². The standard InChI is InChI=1S/C26H36N4O2/c31-25(21-23-9-3-1-4-10-23)27-13-7-15-29-17-19-30(20-18-29)16-8-14-28-26(32)22-24-11-5-2-6-12-24/h1-6,9-12H,7-8,13-22H2,(H,27,31)(H,28,32). The molecule has 6 heteroatoms. The van der Waals surface area contributed by atoms with Crippen molar-refractivity contribution in [1.82, 2.24) is 20.4 Å². The first-order chi connectivity index (χ1) is 15.7. The molecule has 2 amide bonds. The molecule has 2 aromatic carbocycles. The molecule has 1 saturated heterocycles. The van der Waals surface area contributed by atoms with Gasteiger partial charge in [0.15, 0.2) is 0 Å². The second-order valence-corrected chi connectivity index (χ2v) is 8.42. The van der Waals surface area contributed by atoms with Crippen molar-refractivity contribution in [3.05, 3.63) is 71.8 Å². The lowest BCUT2D eigenvalue weighted by Crippen LogP contribution is -2.47. The zero-order valence-corrected chi connectivity index (χ0v) is 19.0. The lowest BCUT2D eigenvalue weighted by Gasteiger charge is -2.34. The minimum atomic E-state index is 0.0943. The number of amides is 2. The molecule has 0 aliphatic carbocycles. The molecule has 0 unspecified atom stereocenters. The van der Waals surface area contributed by atoms with Gasteiger partial charge in [-0.1, -0.05) is 60.7 Å². The first-order valence-electron chi connectivity index (χ1n) is 11.7. The molecule has 3 rings (SSSR count). The Labute approximate surface area is 192 Å². The van der Waals surface area contributed by atoms with Gasteiger partial charge in [0.25, 0.3) is 0 Å². The number of hydrogen-bond acceptors (Lipinski definition) is 4. The average Bonchev–Trinajstić information content (AvgIpc) is 2.82. The van der Waals surface area contributed by atoms with E-state index in [0.717, 1.165) is 76.3 Å². The molecule has 1 aliphatic rings. The van der Waals surface area contributed by atoms with E-state index in [9.17, 15) is 9.59 Å². The SMILES string of the molecule is O=C(Cc1ccccc1)NCCCN1CCN(CCCNC(=O)Cc2ccccc2)CC1. The van der Waals surface area contributed by atoms with Gasteiger partial charge in [0.05, 0.1) is 12.8 Å². The highest BCUT2D eigenvalue weighted by Crippen LogP contribution is 2.04. The van der Waals surface area contributed by atoms with Crippen molar-refractivity contribution < 1.29 is 9.59 Å². The minimum absolute atomic E-state index is 0.0943. The number of hydrogen-bond donors (Lipinski definition) is 2. The predicted molar refractivity (Wildman–Crippen MR) is 128 cm³/mol. The van der Waals surface area contributed by atoms with Crippen molar-refractivity contribution in [2.45, 2.75) is 25.7 Å². The molecule has 1 aliphatic heterocycles. The van der Waals surface area contributed by atoms with Crippen LogP contribution in [0.25, 0.3) is 0 Å². The summed E-state index contributed by atoms with van der Waals surface area (Å²) < 4.78 is 0. The molecule has 0 radical (unpaired) electrons. The fourth-order valence-corrected chi connectivity index (χ4v) is 3.98. The van der Waals surface area contributed by atoms with E-state index in [-0.39, 0.29) is 11.8 Å². The summed E-state index contributed by atoms with van der Waals surface area (Å²) in [6.45, 7) is 7.78. The molecule has 0 bridgehead atoms. The number of rotatable bonds is 12. The van der Waals surface area contributed by atoms with Crippen LogP contribution in [0.4, 0.5) is 0 Å². The van der Waals surface area contributed by atoms with Gasteiger partial charge in [-0.2, -0.15) is 0 Å². The van der Waals surface area contributed by atoms with E-state index in [0.29, 0.717) is 12.8 Å². The minimum Gasteiger partial charge on any atom is -0.356 e. The first kappa shape index (κ1) is 24.0. The van der Waals surface area contributed by atoms with Crippen molar-refractivity contribution in [1.29, 1.82) is 0 Å². The van der Waals surface area contributed by atoms with E-state index in [2.05, 4.69) is 20.4 Å². The van der Waals surface area contributed by atoms with E-state index in [1.54, 1.807) is 0 Å². The second kappa shape index (κ2) is 13.7. The Morgan fingerprint density at radius 1 is 0.625 bits per heavy atom. The number of benzene rings is 2. The summed E-state index contributed by atoms with van der Waals surface area (Å²) in [5.41, 5.74) is 2.11.